The number of ether oxygens (including phenoxy) is 1. The lowest BCUT2D eigenvalue weighted by Gasteiger charge is -2.11. The van der Waals surface area contributed by atoms with Gasteiger partial charge in [-0.2, -0.15) is 0 Å². The second kappa shape index (κ2) is 6.24. The van der Waals surface area contributed by atoms with Gasteiger partial charge < -0.3 is 10.1 Å². The molecule has 2 aromatic rings. The number of hydrogen-bond acceptors (Lipinski definition) is 3. The van der Waals surface area contributed by atoms with Crippen molar-refractivity contribution >= 4 is 39.1 Å². The van der Waals surface area contributed by atoms with Gasteiger partial charge in [0, 0.05) is 10.7 Å². The van der Waals surface area contributed by atoms with Crippen molar-refractivity contribution in [1.82, 2.24) is 4.98 Å². The molecule has 0 spiro atoms. The molecule has 4 nitrogen and oxygen atoms in total. The normalized spacial score (nSPS) is 10.2. The number of methoxy groups -OCH3 is 1. The Balaban J connectivity index is 2.30. The lowest BCUT2D eigenvalue weighted by Crippen LogP contribution is -2.13. The number of benzene rings is 1. The highest BCUT2D eigenvalue weighted by Gasteiger charge is 2.14. The number of aromatic nitrogens is 1. The standard InChI is InChI=1S/C14H12BrClN2O2/c1-8-3-4-11(12(5-8)20-2)18-14(19)10-6-9(15)7-17-13(10)16/h3-7H,1-2H3,(H,18,19). The Hall–Kier alpha value is -1.59. The lowest BCUT2D eigenvalue weighted by atomic mass is 10.2. The maximum absolute atomic E-state index is 12.2. The van der Waals surface area contributed by atoms with Crippen molar-refractivity contribution in [2.24, 2.45) is 0 Å². The summed E-state index contributed by atoms with van der Waals surface area (Å²) in [5.74, 6) is 0.253. The van der Waals surface area contributed by atoms with E-state index in [0.717, 1.165) is 5.56 Å². The van der Waals surface area contributed by atoms with Gasteiger partial charge in [0.05, 0.1) is 18.4 Å². The molecule has 0 bridgehead atoms. The van der Waals surface area contributed by atoms with E-state index in [1.54, 1.807) is 19.2 Å². The molecule has 1 heterocycles. The zero-order valence-corrected chi connectivity index (χ0v) is 13.2. The predicted molar refractivity (Wildman–Crippen MR) is 82.6 cm³/mol. The van der Waals surface area contributed by atoms with E-state index in [9.17, 15) is 4.79 Å². The first-order valence-corrected chi connectivity index (χ1v) is 6.95. The Kier molecular flexibility index (Phi) is 4.62. The zero-order valence-electron chi connectivity index (χ0n) is 10.9. The highest BCUT2D eigenvalue weighted by Crippen LogP contribution is 2.27. The summed E-state index contributed by atoms with van der Waals surface area (Å²) in [5, 5.41) is 2.91. The van der Waals surface area contributed by atoms with Gasteiger partial charge in [-0.1, -0.05) is 17.7 Å². The molecular weight excluding hydrogens is 344 g/mol. The highest BCUT2D eigenvalue weighted by molar-refractivity contribution is 9.10. The number of nitrogens with one attached hydrogen (secondary N) is 1. The van der Waals surface area contributed by atoms with E-state index in [-0.39, 0.29) is 11.1 Å². The molecule has 2 rings (SSSR count). The maximum Gasteiger partial charge on any atom is 0.258 e. The molecule has 1 aromatic heterocycles. The van der Waals surface area contributed by atoms with Crippen molar-refractivity contribution in [3.8, 4) is 5.75 Å². The van der Waals surface area contributed by atoms with Crippen molar-refractivity contribution in [2.75, 3.05) is 12.4 Å². The number of aryl methyl sites for hydroxylation is 1. The molecule has 1 amide bonds. The molecule has 0 aliphatic heterocycles. The van der Waals surface area contributed by atoms with Crippen molar-refractivity contribution in [2.45, 2.75) is 6.92 Å². The van der Waals surface area contributed by atoms with E-state index >= 15 is 0 Å². The minimum absolute atomic E-state index is 0.150. The van der Waals surface area contributed by atoms with E-state index in [1.165, 1.54) is 6.20 Å². The van der Waals surface area contributed by atoms with Crippen LogP contribution in [0.2, 0.25) is 5.15 Å². The number of carbonyl (C=O) groups excluding carboxylic acids is 1. The number of carbonyl (C=O) groups is 1. The van der Waals surface area contributed by atoms with Crippen LogP contribution in [-0.2, 0) is 0 Å². The number of rotatable bonds is 3. The second-order valence-electron chi connectivity index (χ2n) is 4.15. The third kappa shape index (κ3) is 3.29. The van der Waals surface area contributed by atoms with Gasteiger partial charge >= 0.3 is 0 Å². The Bertz CT molecular complexity index is 662. The summed E-state index contributed by atoms with van der Waals surface area (Å²) in [5.41, 5.74) is 1.92. The highest BCUT2D eigenvalue weighted by atomic mass is 79.9. The van der Waals surface area contributed by atoms with Gasteiger partial charge in [-0.25, -0.2) is 4.98 Å². The quantitative estimate of drug-likeness (QED) is 0.845. The molecule has 0 saturated heterocycles. The molecule has 1 aromatic carbocycles. The number of amides is 1. The molecule has 0 aliphatic rings. The summed E-state index contributed by atoms with van der Waals surface area (Å²) in [4.78, 5) is 16.2. The minimum atomic E-state index is -0.342. The number of nitrogens with zero attached hydrogens (tertiary/aromatic N) is 1. The van der Waals surface area contributed by atoms with Gasteiger partial charge in [0.25, 0.3) is 5.91 Å². The summed E-state index contributed by atoms with van der Waals surface area (Å²) in [6, 6.07) is 7.13. The molecule has 0 atom stereocenters. The van der Waals surface area contributed by atoms with E-state index in [0.29, 0.717) is 21.5 Å². The van der Waals surface area contributed by atoms with E-state index < -0.39 is 0 Å². The maximum atomic E-state index is 12.2. The summed E-state index contributed by atoms with van der Waals surface area (Å²) in [7, 11) is 1.55. The van der Waals surface area contributed by atoms with Crippen LogP contribution in [0.5, 0.6) is 5.75 Å². The Morgan fingerprint density at radius 1 is 1.40 bits per heavy atom. The Morgan fingerprint density at radius 2 is 2.15 bits per heavy atom. The minimum Gasteiger partial charge on any atom is -0.495 e. The van der Waals surface area contributed by atoms with Crippen molar-refractivity contribution in [1.29, 1.82) is 0 Å². The van der Waals surface area contributed by atoms with Crippen LogP contribution in [0.15, 0.2) is 34.9 Å². The molecule has 0 unspecified atom stereocenters. The predicted octanol–water partition coefficient (Wildman–Crippen LogP) is 4.07. The van der Waals surface area contributed by atoms with Gasteiger partial charge in [-0.15, -0.1) is 0 Å². The third-order valence-electron chi connectivity index (χ3n) is 2.66. The summed E-state index contributed by atoms with van der Waals surface area (Å²) >= 11 is 9.19. The molecule has 20 heavy (non-hydrogen) atoms. The Morgan fingerprint density at radius 3 is 2.85 bits per heavy atom. The van der Waals surface area contributed by atoms with Crippen LogP contribution >= 0.6 is 27.5 Å². The SMILES string of the molecule is COc1cc(C)ccc1NC(=O)c1cc(Br)cnc1Cl. The first-order chi connectivity index (χ1) is 9.51. The van der Waals surface area contributed by atoms with Crippen molar-refractivity contribution < 1.29 is 9.53 Å². The third-order valence-corrected chi connectivity index (χ3v) is 3.39. The fourth-order valence-electron chi connectivity index (χ4n) is 1.67. The molecule has 0 aliphatic carbocycles. The van der Waals surface area contributed by atoms with Gasteiger partial charge in [0.15, 0.2) is 0 Å². The van der Waals surface area contributed by atoms with Crippen molar-refractivity contribution in [3.63, 3.8) is 0 Å². The number of anilines is 1. The van der Waals surface area contributed by atoms with Gasteiger partial charge in [0.1, 0.15) is 10.9 Å². The largest absolute Gasteiger partial charge is 0.495 e. The second-order valence-corrected chi connectivity index (χ2v) is 5.42. The molecule has 0 fully saturated rings. The summed E-state index contributed by atoms with van der Waals surface area (Å²) in [6.45, 7) is 1.95. The first-order valence-electron chi connectivity index (χ1n) is 5.78. The van der Waals surface area contributed by atoms with Crippen LogP contribution < -0.4 is 10.1 Å². The molecule has 0 saturated carbocycles. The van der Waals surface area contributed by atoms with Gasteiger partial charge in [-0.05, 0) is 46.6 Å². The first kappa shape index (κ1) is 14.8. The average molecular weight is 356 g/mol. The van der Waals surface area contributed by atoms with Crippen LogP contribution in [0.4, 0.5) is 5.69 Å². The zero-order chi connectivity index (χ0) is 14.7. The van der Waals surface area contributed by atoms with Crippen LogP contribution in [0.3, 0.4) is 0 Å². The van der Waals surface area contributed by atoms with Gasteiger partial charge in [0.2, 0.25) is 0 Å². The van der Waals surface area contributed by atoms with Crippen LogP contribution in [0.1, 0.15) is 15.9 Å². The van der Waals surface area contributed by atoms with E-state index in [4.69, 9.17) is 16.3 Å². The molecule has 0 radical (unpaired) electrons. The number of hydrogen-bond donors (Lipinski definition) is 1. The number of pyridine rings is 1. The molecule has 104 valence electrons. The lowest BCUT2D eigenvalue weighted by molar-refractivity contribution is 0.102. The van der Waals surface area contributed by atoms with Crippen molar-refractivity contribution in [3.05, 3.63) is 51.2 Å². The fourth-order valence-corrected chi connectivity index (χ4v) is 2.19. The van der Waals surface area contributed by atoms with Crippen LogP contribution in [-0.4, -0.2) is 18.0 Å². The van der Waals surface area contributed by atoms with E-state index in [1.807, 2.05) is 19.1 Å². The Labute approximate surface area is 130 Å². The smallest absolute Gasteiger partial charge is 0.258 e. The van der Waals surface area contributed by atoms with E-state index in [2.05, 4.69) is 26.2 Å². The number of halogens is 2. The molecule has 1 N–H and O–H groups in total. The average Bonchev–Trinajstić information content (AvgIpc) is 2.43. The molecule has 6 heteroatoms. The van der Waals surface area contributed by atoms with Gasteiger partial charge in [-0.3, -0.25) is 4.79 Å². The van der Waals surface area contributed by atoms with Crippen LogP contribution in [0, 0.1) is 6.92 Å². The topological polar surface area (TPSA) is 51.2 Å². The summed E-state index contributed by atoms with van der Waals surface area (Å²) in [6.07, 6.45) is 1.53. The monoisotopic (exact) mass is 354 g/mol. The summed E-state index contributed by atoms with van der Waals surface area (Å²) < 4.78 is 5.93. The molecular formula is C14H12BrClN2O2. The van der Waals surface area contributed by atoms with Crippen LogP contribution in [0.25, 0.3) is 0 Å². The fraction of sp³-hybridized carbons (Fsp3) is 0.143.